The van der Waals surface area contributed by atoms with Crippen molar-refractivity contribution in [2.75, 3.05) is 0 Å². The summed E-state index contributed by atoms with van der Waals surface area (Å²) in [6.45, 7) is 0. The van der Waals surface area contributed by atoms with Gasteiger partial charge in [-0.3, -0.25) is 0 Å². The Labute approximate surface area is 147 Å². The second-order valence-corrected chi connectivity index (χ2v) is 7.77. The monoisotopic (exact) mass is 386 g/mol. The third-order valence-corrected chi connectivity index (χ3v) is 5.84. The van der Waals surface area contributed by atoms with Gasteiger partial charge in [-0.1, -0.05) is 15.9 Å². The summed E-state index contributed by atoms with van der Waals surface area (Å²) >= 11 is 5.19. The first-order valence-corrected chi connectivity index (χ1v) is 9.44. The van der Waals surface area contributed by atoms with Crippen LogP contribution in [0.5, 0.6) is 0 Å². The maximum Gasteiger partial charge on any atom is 0.336 e. The van der Waals surface area contributed by atoms with Crippen LogP contribution in [0.15, 0.2) is 61.0 Å². The molecular formula is C19H15BrO2S. The SMILES string of the molecule is O=c1cc(CSc2ccc(Br)cc2)c2cc3c(cc2o1)CCC3. The Morgan fingerprint density at radius 2 is 1.78 bits per heavy atom. The Balaban J connectivity index is 1.71. The molecule has 1 heterocycles. The summed E-state index contributed by atoms with van der Waals surface area (Å²) in [5.74, 6) is 0.766. The van der Waals surface area contributed by atoms with Crippen molar-refractivity contribution in [1.82, 2.24) is 0 Å². The van der Waals surface area contributed by atoms with Crippen molar-refractivity contribution in [2.45, 2.75) is 29.9 Å². The fourth-order valence-corrected chi connectivity index (χ4v) is 4.26. The van der Waals surface area contributed by atoms with Crippen molar-refractivity contribution in [2.24, 2.45) is 0 Å². The van der Waals surface area contributed by atoms with E-state index in [-0.39, 0.29) is 5.63 Å². The Kier molecular flexibility index (Phi) is 4.04. The second-order valence-electron chi connectivity index (χ2n) is 5.80. The van der Waals surface area contributed by atoms with Crippen molar-refractivity contribution in [3.05, 3.63) is 74.0 Å². The Morgan fingerprint density at radius 3 is 2.57 bits per heavy atom. The molecule has 0 radical (unpaired) electrons. The molecule has 0 unspecified atom stereocenters. The van der Waals surface area contributed by atoms with Gasteiger partial charge in [-0.2, -0.15) is 0 Å². The molecule has 0 fully saturated rings. The van der Waals surface area contributed by atoms with E-state index in [9.17, 15) is 4.79 Å². The van der Waals surface area contributed by atoms with Crippen LogP contribution in [0, 0.1) is 0 Å². The van der Waals surface area contributed by atoms with E-state index in [4.69, 9.17) is 4.42 Å². The Bertz CT molecular complexity index is 928. The maximum absolute atomic E-state index is 11.9. The molecule has 0 atom stereocenters. The zero-order chi connectivity index (χ0) is 15.8. The van der Waals surface area contributed by atoms with Gasteiger partial charge in [0.2, 0.25) is 0 Å². The number of benzene rings is 2. The molecule has 1 aromatic heterocycles. The van der Waals surface area contributed by atoms with Crippen LogP contribution in [0.25, 0.3) is 11.0 Å². The first-order valence-electron chi connectivity index (χ1n) is 7.66. The first-order chi connectivity index (χ1) is 11.2. The molecule has 2 nitrogen and oxygen atoms in total. The summed E-state index contributed by atoms with van der Waals surface area (Å²) in [7, 11) is 0. The van der Waals surface area contributed by atoms with E-state index in [1.807, 2.05) is 12.1 Å². The molecule has 0 bridgehead atoms. The Hall–Kier alpha value is -1.52. The summed E-state index contributed by atoms with van der Waals surface area (Å²) in [4.78, 5) is 13.1. The van der Waals surface area contributed by atoms with Gasteiger partial charge < -0.3 is 4.42 Å². The summed E-state index contributed by atoms with van der Waals surface area (Å²) in [5, 5.41) is 1.08. The van der Waals surface area contributed by atoms with Crippen LogP contribution in [-0.4, -0.2) is 0 Å². The average molecular weight is 387 g/mol. The molecular weight excluding hydrogens is 372 g/mol. The summed E-state index contributed by atoms with van der Waals surface area (Å²) in [6.07, 6.45) is 3.41. The molecule has 0 spiro atoms. The molecule has 3 aromatic rings. The molecule has 0 saturated carbocycles. The van der Waals surface area contributed by atoms with Gasteiger partial charge in [0.15, 0.2) is 0 Å². The third kappa shape index (κ3) is 3.10. The lowest BCUT2D eigenvalue weighted by molar-refractivity contribution is 0.559. The number of thioether (sulfide) groups is 1. The van der Waals surface area contributed by atoms with Crippen molar-refractivity contribution in [3.8, 4) is 0 Å². The van der Waals surface area contributed by atoms with Crippen LogP contribution in [0.4, 0.5) is 0 Å². The molecule has 1 aliphatic rings. The van der Waals surface area contributed by atoms with Crippen LogP contribution in [0.3, 0.4) is 0 Å². The molecule has 116 valence electrons. The number of hydrogen-bond acceptors (Lipinski definition) is 3. The number of fused-ring (bicyclic) bond motifs is 2. The molecule has 23 heavy (non-hydrogen) atoms. The number of halogens is 1. The topological polar surface area (TPSA) is 30.2 Å². The molecule has 0 saturated heterocycles. The zero-order valence-corrected chi connectivity index (χ0v) is 14.9. The van der Waals surface area contributed by atoms with Crippen molar-refractivity contribution < 1.29 is 4.42 Å². The van der Waals surface area contributed by atoms with Gasteiger partial charge >= 0.3 is 5.63 Å². The normalized spacial score (nSPS) is 13.4. The highest BCUT2D eigenvalue weighted by Gasteiger charge is 2.15. The predicted molar refractivity (Wildman–Crippen MR) is 98.2 cm³/mol. The van der Waals surface area contributed by atoms with Gasteiger partial charge in [0.25, 0.3) is 0 Å². The van der Waals surface area contributed by atoms with Crippen molar-refractivity contribution in [3.63, 3.8) is 0 Å². The van der Waals surface area contributed by atoms with Crippen molar-refractivity contribution >= 4 is 38.7 Å². The second kappa shape index (κ2) is 6.17. The van der Waals surface area contributed by atoms with Crippen molar-refractivity contribution in [1.29, 1.82) is 0 Å². The number of hydrogen-bond donors (Lipinski definition) is 0. The molecule has 0 aliphatic heterocycles. The molecule has 2 aromatic carbocycles. The highest BCUT2D eigenvalue weighted by atomic mass is 79.9. The smallest absolute Gasteiger partial charge is 0.336 e. The highest BCUT2D eigenvalue weighted by molar-refractivity contribution is 9.10. The maximum atomic E-state index is 11.9. The van der Waals surface area contributed by atoms with E-state index in [1.54, 1.807) is 17.8 Å². The van der Waals surface area contributed by atoms with Gasteiger partial charge in [-0.25, -0.2) is 4.79 Å². The van der Waals surface area contributed by atoms with E-state index < -0.39 is 0 Å². The molecule has 0 amide bonds. The molecule has 0 N–H and O–H groups in total. The minimum absolute atomic E-state index is 0.262. The van der Waals surface area contributed by atoms with E-state index in [0.29, 0.717) is 0 Å². The molecule has 4 heteroatoms. The zero-order valence-electron chi connectivity index (χ0n) is 12.5. The van der Waals surface area contributed by atoms with Crippen LogP contribution in [0.1, 0.15) is 23.1 Å². The fraction of sp³-hybridized carbons (Fsp3) is 0.211. The van der Waals surface area contributed by atoms with E-state index in [1.165, 1.54) is 22.4 Å². The standard InChI is InChI=1S/C19H15BrO2S/c20-15-4-6-16(7-5-15)23-11-14-10-19(21)22-18-9-13-3-1-2-12(13)8-17(14)18/h4-10H,1-3,11H2. The van der Waals surface area contributed by atoms with Gasteiger partial charge in [0, 0.05) is 26.6 Å². The van der Waals surface area contributed by atoms with E-state index >= 15 is 0 Å². The third-order valence-electron chi connectivity index (χ3n) is 4.25. The lowest BCUT2D eigenvalue weighted by Gasteiger charge is -2.08. The number of aryl methyl sites for hydroxylation is 2. The quantitative estimate of drug-likeness (QED) is 0.449. The predicted octanol–water partition coefficient (Wildman–Crippen LogP) is 5.34. The van der Waals surface area contributed by atoms with E-state index in [2.05, 4.69) is 40.2 Å². The van der Waals surface area contributed by atoms with Crippen LogP contribution in [0.2, 0.25) is 0 Å². The first kappa shape index (κ1) is 15.0. The van der Waals surface area contributed by atoms with Crippen LogP contribution < -0.4 is 5.63 Å². The number of rotatable bonds is 3. The van der Waals surface area contributed by atoms with Crippen LogP contribution in [-0.2, 0) is 18.6 Å². The summed E-state index contributed by atoms with van der Waals surface area (Å²) < 4.78 is 6.50. The van der Waals surface area contributed by atoms with Gasteiger partial charge in [0.05, 0.1) is 0 Å². The minimum Gasteiger partial charge on any atom is -0.423 e. The van der Waals surface area contributed by atoms with E-state index in [0.717, 1.165) is 39.6 Å². The highest BCUT2D eigenvalue weighted by Crippen LogP contribution is 2.31. The lowest BCUT2D eigenvalue weighted by atomic mass is 10.0. The Morgan fingerprint density at radius 1 is 1.04 bits per heavy atom. The largest absolute Gasteiger partial charge is 0.423 e. The fourth-order valence-electron chi connectivity index (χ4n) is 3.11. The van der Waals surface area contributed by atoms with Gasteiger partial charge in [-0.15, -0.1) is 11.8 Å². The summed E-state index contributed by atoms with van der Waals surface area (Å²) in [5.41, 5.74) is 4.25. The molecule has 1 aliphatic carbocycles. The van der Waals surface area contributed by atoms with Gasteiger partial charge in [-0.05, 0) is 72.4 Å². The summed E-state index contributed by atoms with van der Waals surface area (Å²) in [6, 6.07) is 14.2. The molecule has 4 rings (SSSR count). The minimum atomic E-state index is -0.262. The van der Waals surface area contributed by atoms with Gasteiger partial charge in [0.1, 0.15) is 5.58 Å². The average Bonchev–Trinajstić information content (AvgIpc) is 2.99. The van der Waals surface area contributed by atoms with Crippen LogP contribution >= 0.6 is 27.7 Å². The lowest BCUT2D eigenvalue weighted by Crippen LogP contribution is -2.00.